The van der Waals surface area contributed by atoms with Gasteiger partial charge in [-0.15, -0.1) is 11.6 Å². The van der Waals surface area contributed by atoms with Crippen LogP contribution in [0.5, 0.6) is 5.75 Å². The molecule has 0 fully saturated rings. The van der Waals surface area contributed by atoms with E-state index in [1.54, 1.807) is 6.07 Å². The first-order chi connectivity index (χ1) is 9.76. The second kappa shape index (κ2) is 7.32. The summed E-state index contributed by atoms with van der Waals surface area (Å²) in [6, 6.07) is 14.7. The van der Waals surface area contributed by atoms with Crippen LogP contribution in [0.15, 0.2) is 48.5 Å². The van der Waals surface area contributed by atoms with E-state index in [0.717, 1.165) is 23.2 Å². The SMILES string of the molecule is O=CC(c1ccc(OCCCl)cc1)c1ccccc1Cl. The van der Waals surface area contributed by atoms with Crippen molar-refractivity contribution in [2.45, 2.75) is 5.92 Å². The van der Waals surface area contributed by atoms with Crippen LogP contribution < -0.4 is 4.74 Å². The first-order valence-corrected chi connectivity index (χ1v) is 7.16. The highest BCUT2D eigenvalue weighted by Gasteiger charge is 2.15. The molecule has 1 unspecified atom stereocenters. The maximum atomic E-state index is 11.4. The van der Waals surface area contributed by atoms with E-state index >= 15 is 0 Å². The molecule has 1 atom stereocenters. The van der Waals surface area contributed by atoms with Gasteiger partial charge in [0.05, 0.1) is 11.8 Å². The molecule has 20 heavy (non-hydrogen) atoms. The molecule has 2 nitrogen and oxygen atoms in total. The highest BCUT2D eigenvalue weighted by molar-refractivity contribution is 6.31. The minimum atomic E-state index is -0.370. The van der Waals surface area contributed by atoms with Crippen LogP contribution in [-0.4, -0.2) is 18.8 Å². The first-order valence-electron chi connectivity index (χ1n) is 6.24. The summed E-state index contributed by atoms with van der Waals surface area (Å²) in [5.74, 6) is 0.808. The molecular weight excluding hydrogens is 295 g/mol. The molecule has 0 aliphatic heterocycles. The smallest absolute Gasteiger partial charge is 0.131 e. The van der Waals surface area contributed by atoms with E-state index in [2.05, 4.69) is 0 Å². The summed E-state index contributed by atoms with van der Waals surface area (Å²) in [4.78, 5) is 11.4. The summed E-state index contributed by atoms with van der Waals surface area (Å²) in [5.41, 5.74) is 1.69. The lowest BCUT2D eigenvalue weighted by Crippen LogP contribution is -2.04. The normalized spacial score (nSPS) is 11.9. The molecule has 0 amide bonds. The van der Waals surface area contributed by atoms with Gasteiger partial charge in [0.2, 0.25) is 0 Å². The Balaban J connectivity index is 2.24. The number of carbonyl (C=O) groups is 1. The lowest BCUT2D eigenvalue weighted by atomic mass is 9.92. The molecule has 0 heterocycles. The predicted octanol–water partition coefficient (Wildman–Crippen LogP) is 4.29. The number of hydrogen-bond donors (Lipinski definition) is 0. The van der Waals surface area contributed by atoms with Gasteiger partial charge in [-0.2, -0.15) is 0 Å². The van der Waals surface area contributed by atoms with Gasteiger partial charge in [0.1, 0.15) is 18.6 Å². The van der Waals surface area contributed by atoms with Crippen LogP contribution in [0.2, 0.25) is 5.02 Å². The molecule has 0 bridgehead atoms. The van der Waals surface area contributed by atoms with Crippen LogP contribution in [0.1, 0.15) is 17.0 Å². The van der Waals surface area contributed by atoms with Crippen molar-refractivity contribution in [2.75, 3.05) is 12.5 Å². The van der Waals surface area contributed by atoms with Gasteiger partial charge < -0.3 is 9.53 Å². The maximum Gasteiger partial charge on any atom is 0.131 e. The number of hydrogen-bond acceptors (Lipinski definition) is 2. The quantitative estimate of drug-likeness (QED) is 0.588. The Bertz CT molecular complexity index is 567. The van der Waals surface area contributed by atoms with E-state index in [-0.39, 0.29) is 5.92 Å². The average Bonchev–Trinajstić information content (AvgIpc) is 2.49. The van der Waals surface area contributed by atoms with Gasteiger partial charge in [-0.1, -0.05) is 41.9 Å². The lowest BCUT2D eigenvalue weighted by molar-refractivity contribution is -0.108. The molecule has 0 saturated heterocycles. The molecule has 2 aromatic rings. The average molecular weight is 309 g/mol. The predicted molar refractivity (Wildman–Crippen MR) is 82.0 cm³/mol. The third-order valence-corrected chi connectivity index (χ3v) is 3.46. The van der Waals surface area contributed by atoms with Crippen LogP contribution in [0.4, 0.5) is 0 Å². The zero-order valence-electron chi connectivity index (χ0n) is 10.8. The number of alkyl halides is 1. The molecular formula is C16H14Cl2O2. The Kier molecular flexibility index (Phi) is 5.45. The fraction of sp³-hybridized carbons (Fsp3) is 0.188. The van der Waals surface area contributed by atoms with Gasteiger partial charge in [0.15, 0.2) is 0 Å². The summed E-state index contributed by atoms with van der Waals surface area (Å²) in [6.07, 6.45) is 0.899. The van der Waals surface area contributed by atoms with E-state index in [1.165, 1.54) is 0 Å². The molecule has 0 N–H and O–H groups in total. The minimum absolute atomic E-state index is 0.370. The van der Waals surface area contributed by atoms with Crippen LogP contribution in [-0.2, 0) is 4.79 Å². The van der Waals surface area contributed by atoms with Crippen molar-refractivity contribution in [3.05, 3.63) is 64.7 Å². The van der Waals surface area contributed by atoms with Gasteiger partial charge in [-0.25, -0.2) is 0 Å². The second-order valence-corrected chi connectivity index (χ2v) is 5.03. The standard InChI is InChI=1S/C16H14Cl2O2/c17-9-10-20-13-7-5-12(6-8-13)15(11-19)14-3-1-2-4-16(14)18/h1-8,11,15H,9-10H2. The van der Waals surface area contributed by atoms with Gasteiger partial charge in [-0.05, 0) is 29.3 Å². The number of rotatable bonds is 6. The number of benzene rings is 2. The molecule has 0 radical (unpaired) electrons. The van der Waals surface area contributed by atoms with Crippen molar-refractivity contribution in [1.82, 2.24) is 0 Å². The number of carbonyl (C=O) groups excluding carboxylic acids is 1. The van der Waals surface area contributed by atoms with Crippen molar-refractivity contribution < 1.29 is 9.53 Å². The Hall–Kier alpha value is -1.51. The van der Waals surface area contributed by atoms with E-state index in [9.17, 15) is 4.79 Å². The monoisotopic (exact) mass is 308 g/mol. The molecule has 0 aromatic heterocycles. The Morgan fingerprint density at radius 2 is 1.80 bits per heavy atom. The molecule has 2 aromatic carbocycles. The Labute approximate surface area is 128 Å². The summed E-state index contributed by atoms with van der Waals surface area (Å²) in [6.45, 7) is 0.461. The number of halogens is 2. The number of aldehydes is 1. The van der Waals surface area contributed by atoms with Crippen LogP contribution in [0, 0.1) is 0 Å². The largest absolute Gasteiger partial charge is 0.492 e. The van der Waals surface area contributed by atoms with Crippen LogP contribution in [0.3, 0.4) is 0 Å². The van der Waals surface area contributed by atoms with E-state index in [4.69, 9.17) is 27.9 Å². The molecule has 0 spiro atoms. The molecule has 4 heteroatoms. The number of ether oxygens (including phenoxy) is 1. The summed E-state index contributed by atoms with van der Waals surface area (Å²) in [7, 11) is 0. The lowest BCUT2D eigenvalue weighted by Gasteiger charge is -2.13. The Morgan fingerprint density at radius 3 is 2.40 bits per heavy atom. The fourth-order valence-electron chi connectivity index (χ4n) is 1.99. The van der Waals surface area contributed by atoms with Gasteiger partial charge in [-0.3, -0.25) is 0 Å². The van der Waals surface area contributed by atoms with Gasteiger partial charge in [0, 0.05) is 5.02 Å². The highest BCUT2D eigenvalue weighted by Crippen LogP contribution is 2.29. The second-order valence-electron chi connectivity index (χ2n) is 4.24. The third kappa shape index (κ3) is 3.53. The first kappa shape index (κ1) is 14.9. The molecule has 0 aliphatic rings. The summed E-state index contributed by atoms with van der Waals surface area (Å²) >= 11 is 11.7. The zero-order chi connectivity index (χ0) is 14.4. The topological polar surface area (TPSA) is 26.3 Å². The zero-order valence-corrected chi connectivity index (χ0v) is 12.3. The minimum Gasteiger partial charge on any atom is -0.492 e. The van der Waals surface area contributed by atoms with Gasteiger partial charge >= 0.3 is 0 Å². The van der Waals surface area contributed by atoms with Crippen molar-refractivity contribution in [2.24, 2.45) is 0 Å². The Morgan fingerprint density at radius 1 is 1.10 bits per heavy atom. The fourth-order valence-corrected chi connectivity index (χ4v) is 2.32. The molecule has 104 valence electrons. The van der Waals surface area contributed by atoms with E-state index in [1.807, 2.05) is 42.5 Å². The van der Waals surface area contributed by atoms with Crippen molar-refractivity contribution in [1.29, 1.82) is 0 Å². The molecule has 2 rings (SSSR count). The summed E-state index contributed by atoms with van der Waals surface area (Å²) in [5, 5.41) is 0.590. The van der Waals surface area contributed by atoms with Crippen LogP contribution in [0.25, 0.3) is 0 Å². The van der Waals surface area contributed by atoms with Crippen molar-refractivity contribution in [3.8, 4) is 5.75 Å². The molecule has 0 saturated carbocycles. The highest BCUT2D eigenvalue weighted by atomic mass is 35.5. The van der Waals surface area contributed by atoms with Crippen molar-refractivity contribution in [3.63, 3.8) is 0 Å². The molecule has 0 aliphatic carbocycles. The van der Waals surface area contributed by atoms with E-state index in [0.29, 0.717) is 17.5 Å². The summed E-state index contributed by atoms with van der Waals surface area (Å²) < 4.78 is 5.41. The third-order valence-electron chi connectivity index (χ3n) is 2.96. The van der Waals surface area contributed by atoms with E-state index < -0.39 is 0 Å². The van der Waals surface area contributed by atoms with Crippen molar-refractivity contribution >= 4 is 29.5 Å². The van der Waals surface area contributed by atoms with Gasteiger partial charge in [0.25, 0.3) is 0 Å². The maximum absolute atomic E-state index is 11.4. The van der Waals surface area contributed by atoms with Crippen LogP contribution >= 0.6 is 23.2 Å².